The summed E-state index contributed by atoms with van der Waals surface area (Å²) in [5.74, 6) is 0.329. The molecule has 0 aliphatic heterocycles. The first-order valence-corrected chi connectivity index (χ1v) is 8.77. The summed E-state index contributed by atoms with van der Waals surface area (Å²) < 4.78 is 32.3. The monoisotopic (exact) mass is 324 g/mol. The van der Waals surface area contributed by atoms with E-state index >= 15 is 0 Å². The number of nitrogens with two attached hydrogens (primary N) is 1. The van der Waals surface area contributed by atoms with Crippen LogP contribution in [-0.4, -0.2) is 21.8 Å². The molecule has 0 radical (unpaired) electrons. The van der Waals surface area contributed by atoms with Crippen LogP contribution < -0.4 is 15.2 Å². The Morgan fingerprint density at radius 1 is 1.19 bits per heavy atom. The fourth-order valence-corrected chi connectivity index (χ4v) is 3.28. The van der Waals surface area contributed by atoms with E-state index in [2.05, 4.69) is 4.72 Å². The Hall–Kier alpha value is -1.86. The minimum absolute atomic E-state index is 0.100. The maximum atomic E-state index is 12.4. The molecule has 0 bridgehead atoms. The number of hydrogen-bond acceptors (Lipinski definition) is 5. The zero-order valence-corrected chi connectivity index (χ0v) is 13.3. The van der Waals surface area contributed by atoms with Gasteiger partial charge in [-0.05, 0) is 36.6 Å². The largest absolute Gasteiger partial charge is 0.495 e. The Balaban J connectivity index is 2.33. The molecule has 0 aliphatic rings. The molecule has 0 saturated carbocycles. The molecule has 0 spiro atoms. The highest BCUT2D eigenvalue weighted by Crippen LogP contribution is 2.27. The molecule has 0 aliphatic carbocycles. The van der Waals surface area contributed by atoms with E-state index in [1.54, 1.807) is 30.0 Å². The highest BCUT2D eigenvalue weighted by Gasteiger charge is 2.16. The number of thioether (sulfide) groups is 1. The summed E-state index contributed by atoms with van der Waals surface area (Å²) in [5, 5.41) is 0. The zero-order valence-electron chi connectivity index (χ0n) is 11.7. The number of rotatable bonds is 5. The molecule has 2 aromatic carbocycles. The molecule has 112 valence electrons. The van der Waals surface area contributed by atoms with Crippen LogP contribution in [0.2, 0.25) is 0 Å². The van der Waals surface area contributed by atoms with Gasteiger partial charge in [-0.3, -0.25) is 4.72 Å². The first-order chi connectivity index (χ1) is 9.96. The minimum atomic E-state index is -3.68. The Kier molecular flexibility index (Phi) is 4.64. The molecule has 3 N–H and O–H groups in total. The molecule has 7 heteroatoms. The highest BCUT2D eigenvalue weighted by atomic mass is 32.2. The Bertz CT molecular complexity index is 746. The summed E-state index contributed by atoms with van der Waals surface area (Å²) in [6.07, 6.45) is 1.93. The maximum Gasteiger partial charge on any atom is 0.262 e. The fraction of sp³-hybridized carbons (Fsp3) is 0.143. The molecular formula is C14H16N2O3S2. The molecule has 2 aromatic rings. The van der Waals surface area contributed by atoms with E-state index in [1.165, 1.54) is 25.3 Å². The van der Waals surface area contributed by atoms with Gasteiger partial charge in [-0.1, -0.05) is 6.07 Å². The second kappa shape index (κ2) is 6.28. The topological polar surface area (TPSA) is 81.4 Å². The summed E-state index contributed by atoms with van der Waals surface area (Å²) in [6, 6.07) is 11.5. The predicted molar refractivity (Wildman–Crippen MR) is 86.4 cm³/mol. The number of sulfonamides is 1. The van der Waals surface area contributed by atoms with E-state index in [-0.39, 0.29) is 4.90 Å². The van der Waals surface area contributed by atoms with Gasteiger partial charge in [0.1, 0.15) is 5.75 Å². The van der Waals surface area contributed by atoms with Gasteiger partial charge in [-0.2, -0.15) is 0 Å². The summed E-state index contributed by atoms with van der Waals surface area (Å²) in [6.45, 7) is 0. The number of hydrogen-bond donors (Lipinski definition) is 2. The van der Waals surface area contributed by atoms with Gasteiger partial charge in [-0.15, -0.1) is 11.8 Å². The molecule has 5 nitrogen and oxygen atoms in total. The number of nitrogen functional groups attached to an aromatic ring is 1. The quantitative estimate of drug-likeness (QED) is 0.653. The molecule has 0 aromatic heterocycles. The van der Waals surface area contributed by atoms with Crippen molar-refractivity contribution >= 4 is 33.2 Å². The second-order valence-corrected chi connectivity index (χ2v) is 6.80. The van der Waals surface area contributed by atoms with E-state index in [9.17, 15) is 8.42 Å². The van der Waals surface area contributed by atoms with E-state index in [0.717, 1.165) is 4.90 Å². The molecule has 0 saturated heterocycles. The standard InChI is InChI=1S/C14H16N2O3S2/c1-19-14-9-12(6-7-13(14)15)21(17,18)16-10-4-3-5-11(8-10)20-2/h3-9,16H,15H2,1-2H3. The van der Waals surface area contributed by atoms with E-state index < -0.39 is 10.0 Å². The van der Waals surface area contributed by atoms with Crippen molar-refractivity contribution in [1.29, 1.82) is 0 Å². The van der Waals surface area contributed by atoms with Gasteiger partial charge in [0.25, 0.3) is 10.0 Å². The third kappa shape index (κ3) is 3.62. The summed E-state index contributed by atoms with van der Waals surface area (Å²) in [4.78, 5) is 1.08. The molecule has 0 unspecified atom stereocenters. The smallest absolute Gasteiger partial charge is 0.262 e. The average molecular weight is 324 g/mol. The normalized spacial score (nSPS) is 11.1. The van der Waals surface area contributed by atoms with Crippen molar-refractivity contribution < 1.29 is 13.2 Å². The molecule has 21 heavy (non-hydrogen) atoms. The molecule has 2 rings (SSSR count). The van der Waals surface area contributed by atoms with Gasteiger partial charge in [0, 0.05) is 16.6 Å². The number of methoxy groups -OCH3 is 1. The molecule has 0 heterocycles. The second-order valence-electron chi connectivity index (χ2n) is 4.24. The van der Waals surface area contributed by atoms with Gasteiger partial charge in [0.2, 0.25) is 0 Å². The van der Waals surface area contributed by atoms with Gasteiger partial charge in [0.15, 0.2) is 0 Å². The van der Waals surface area contributed by atoms with Gasteiger partial charge >= 0.3 is 0 Å². The van der Waals surface area contributed by atoms with Crippen molar-refractivity contribution in [1.82, 2.24) is 0 Å². The van der Waals surface area contributed by atoms with Crippen molar-refractivity contribution in [3.63, 3.8) is 0 Å². The number of nitrogens with one attached hydrogen (secondary N) is 1. The van der Waals surface area contributed by atoms with Crippen LogP contribution in [0.15, 0.2) is 52.3 Å². The van der Waals surface area contributed by atoms with E-state index in [1.807, 2.05) is 12.3 Å². The third-order valence-electron chi connectivity index (χ3n) is 2.84. The lowest BCUT2D eigenvalue weighted by Crippen LogP contribution is -2.13. The highest BCUT2D eigenvalue weighted by molar-refractivity contribution is 7.98. The lowest BCUT2D eigenvalue weighted by molar-refractivity contribution is 0.415. The zero-order chi connectivity index (χ0) is 15.5. The summed E-state index contributed by atoms with van der Waals surface area (Å²) >= 11 is 1.54. The lowest BCUT2D eigenvalue weighted by atomic mass is 10.3. The molecule has 0 amide bonds. The molecule has 0 fully saturated rings. The SMILES string of the molecule is COc1cc(S(=O)(=O)Nc2cccc(SC)c2)ccc1N. The minimum Gasteiger partial charge on any atom is -0.495 e. The predicted octanol–water partition coefficient (Wildman–Crippen LogP) is 2.80. The Morgan fingerprint density at radius 2 is 1.95 bits per heavy atom. The van der Waals surface area contributed by atoms with Crippen LogP contribution in [0, 0.1) is 0 Å². The lowest BCUT2D eigenvalue weighted by Gasteiger charge is -2.11. The number of benzene rings is 2. The van der Waals surface area contributed by atoms with Gasteiger partial charge in [-0.25, -0.2) is 8.42 Å². The van der Waals surface area contributed by atoms with Crippen molar-refractivity contribution in [3.05, 3.63) is 42.5 Å². The van der Waals surface area contributed by atoms with Crippen LogP contribution >= 0.6 is 11.8 Å². The van der Waals surface area contributed by atoms with Crippen LogP contribution in [0.4, 0.5) is 11.4 Å². The van der Waals surface area contributed by atoms with E-state index in [4.69, 9.17) is 10.5 Å². The van der Waals surface area contributed by atoms with Gasteiger partial charge in [0.05, 0.1) is 17.7 Å². The van der Waals surface area contributed by atoms with Crippen molar-refractivity contribution in [2.45, 2.75) is 9.79 Å². The molecular weight excluding hydrogens is 308 g/mol. The van der Waals surface area contributed by atoms with Crippen LogP contribution in [0.25, 0.3) is 0 Å². The van der Waals surface area contributed by atoms with Crippen LogP contribution in [0.3, 0.4) is 0 Å². The van der Waals surface area contributed by atoms with Crippen molar-refractivity contribution in [2.24, 2.45) is 0 Å². The summed E-state index contributed by atoms with van der Waals surface area (Å²) in [5.41, 5.74) is 6.59. The third-order valence-corrected chi connectivity index (χ3v) is 4.94. The van der Waals surface area contributed by atoms with Gasteiger partial charge < -0.3 is 10.5 Å². The fourth-order valence-electron chi connectivity index (χ4n) is 1.76. The van der Waals surface area contributed by atoms with Crippen LogP contribution in [0.5, 0.6) is 5.75 Å². The maximum absolute atomic E-state index is 12.4. The van der Waals surface area contributed by atoms with Crippen molar-refractivity contribution in [3.8, 4) is 5.75 Å². The first kappa shape index (κ1) is 15.5. The van der Waals surface area contributed by atoms with Crippen LogP contribution in [0.1, 0.15) is 0 Å². The Labute approximate surface area is 128 Å². The van der Waals surface area contributed by atoms with Crippen molar-refractivity contribution in [2.75, 3.05) is 23.8 Å². The van der Waals surface area contributed by atoms with E-state index in [0.29, 0.717) is 17.1 Å². The summed E-state index contributed by atoms with van der Waals surface area (Å²) in [7, 11) is -2.24. The number of anilines is 2. The molecule has 0 atom stereocenters. The van der Waals surface area contributed by atoms with Crippen LogP contribution in [-0.2, 0) is 10.0 Å². The number of ether oxygens (including phenoxy) is 1. The Morgan fingerprint density at radius 3 is 2.62 bits per heavy atom. The first-order valence-electron chi connectivity index (χ1n) is 6.06. The average Bonchev–Trinajstić information content (AvgIpc) is 2.47.